The lowest BCUT2D eigenvalue weighted by atomic mass is 10.0. The smallest absolute Gasteiger partial charge is 0.123 e. The number of hydrogen-bond acceptors (Lipinski definition) is 3. The summed E-state index contributed by atoms with van der Waals surface area (Å²) in [5.74, 6) is -0.229. The van der Waals surface area contributed by atoms with Gasteiger partial charge >= 0.3 is 0 Å². The maximum Gasteiger partial charge on any atom is 0.123 e. The summed E-state index contributed by atoms with van der Waals surface area (Å²) in [7, 11) is 4.11. The lowest BCUT2D eigenvalue weighted by molar-refractivity contribution is 0.372. The van der Waals surface area contributed by atoms with E-state index in [9.17, 15) is 4.39 Å². The summed E-state index contributed by atoms with van der Waals surface area (Å²) in [5, 5.41) is 0. The second-order valence-corrected chi connectivity index (χ2v) is 5.39. The quantitative estimate of drug-likeness (QED) is 0.860. The van der Waals surface area contributed by atoms with Crippen LogP contribution in [-0.4, -0.2) is 38.1 Å². The molecule has 2 N–H and O–H groups in total. The molecule has 3 nitrogen and oxygen atoms in total. The molecule has 0 spiro atoms. The molecule has 2 atom stereocenters. The summed E-state index contributed by atoms with van der Waals surface area (Å²) < 4.78 is 13.4. The number of halogens is 1. The van der Waals surface area contributed by atoms with Crippen LogP contribution in [0.4, 0.5) is 10.1 Å². The van der Waals surface area contributed by atoms with E-state index >= 15 is 0 Å². The van der Waals surface area contributed by atoms with Gasteiger partial charge in [-0.3, -0.25) is 0 Å². The lowest BCUT2D eigenvalue weighted by Gasteiger charge is -2.34. The molecule has 1 rings (SSSR count). The number of nitrogens with two attached hydrogens (primary N) is 1. The molecule has 0 bridgehead atoms. The monoisotopic (exact) mass is 267 g/mol. The molecule has 2 unspecified atom stereocenters. The minimum atomic E-state index is -0.229. The van der Waals surface area contributed by atoms with Crippen LogP contribution >= 0.6 is 0 Å². The van der Waals surface area contributed by atoms with Crippen molar-refractivity contribution in [3.05, 3.63) is 29.6 Å². The Morgan fingerprint density at radius 1 is 1.26 bits per heavy atom. The highest BCUT2D eigenvalue weighted by Crippen LogP contribution is 2.27. The van der Waals surface area contributed by atoms with Crippen LogP contribution in [0.5, 0.6) is 0 Å². The van der Waals surface area contributed by atoms with Crippen molar-refractivity contribution in [1.82, 2.24) is 4.90 Å². The van der Waals surface area contributed by atoms with Gasteiger partial charge < -0.3 is 15.5 Å². The van der Waals surface area contributed by atoms with Crippen LogP contribution in [0.1, 0.15) is 32.4 Å². The fourth-order valence-corrected chi connectivity index (χ4v) is 2.50. The second kappa shape index (κ2) is 6.87. The van der Waals surface area contributed by atoms with Gasteiger partial charge in [-0.1, -0.05) is 0 Å². The lowest BCUT2D eigenvalue weighted by Crippen LogP contribution is -2.40. The van der Waals surface area contributed by atoms with Gasteiger partial charge in [0.2, 0.25) is 0 Å². The average molecular weight is 267 g/mol. The van der Waals surface area contributed by atoms with E-state index in [2.05, 4.69) is 37.7 Å². The van der Waals surface area contributed by atoms with Crippen molar-refractivity contribution in [3.63, 3.8) is 0 Å². The first kappa shape index (κ1) is 15.9. The molecule has 0 aliphatic heterocycles. The molecule has 0 aliphatic carbocycles. The van der Waals surface area contributed by atoms with Crippen LogP contribution < -0.4 is 10.6 Å². The molecule has 0 saturated carbocycles. The predicted octanol–water partition coefficient (Wildman–Crippen LogP) is 2.62. The summed E-state index contributed by atoms with van der Waals surface area (Å²) in [6.07, 6.45) is 0. The zero-order chi connectivity index (χ0) is 14.6. The van der Waals surface area contributed by atoms with E-state index in [4.69, 9.17) is 5.73 Å². The molecule has 4 heteroatoms. The summed E-state index contributed by atoms with van der Waals surface area (Å²) in [4.78, 5) is 4.43. The van der Waals surface area contributed by atoms with Crippen LogP contribution in [0.15, 0.2) is 18.2 Å². The van der Waals surface area contributed by atoms with Gasteiger partial charge in [0.25, 0.3) is 0 Å². The first-order valence-corrected chi connectivity index (χ1v) is 6.83. The molecule has 108 valence electrons. The molecule has 1 aromatic carbocycles. The Balaban J connectivity index is 3.10. The molecular weight excluding hydrogens is 241 g/mol. The van der Waals surface area contributed by atoms with Gasteiger partial charge in [-0.2, -0.15) is 0 Å². The van der Waals surface area contributed by atoms with Crippen molar-refractivity contribution in [1.29, 1.82) is 0 Å². The Bertz CT molecular complexity index is 404. The minimum Gasteiger partial charge on any atom is -0.368 e. The second-order valence-electron chi connectivity index (χ2n) is 5.39. The Morgan fingerprint density at radius 3 is 2.37 bits per heavy atom. The topological polar surface area (TPSA) is 32.5 Å². The number of nitrogens with zero attached hydrogens (tertiary/aromatic N) is 2. The highest BCUT2D eigenvalue weighted by Gasteiger charge is 2.18. The standard InChI is InChI=1S/C15H26FN3/c1-6-19(11(2)10-18(4)5)15-8-7-13(16)9-14(15)12(3)17/h7-9,11-12H,6,10,17H2,1-5H3. The molecule has 0 heterocycles. The number of likely N-dealkylation sites (N-methyl/N-ethyl adjacent to an activating group) is 2. The maximum atomic E-state index is 13.4. The third-order valence-electron chi connectivity index (χ3n) is 3.29. The van der Waals surface area contributed by atoms with Crippen molar-refractivity contribution >= 4 is 5.69 Å². The summed E-state index contributed by atoms with van der Waals surface area (Å²) in [6, 6.07) is 5.07. The van der Waals surface area contributed by atoms with E-state index in [1.54, 1.807) is 6.07 Å². The van der Waals surface area contributed by atoms with Gasteiger partial charge in [-0.05, 0) is 58.6 Å². The zero-order valence-electron chi connectivity index (χ0n) is 12.7. The molecule has 0 fully saturated rings. The maximum absolute atomic E-state index is 13.4. The van der Waals surface area contributed by atoms with Gasteiger partial charge in [0.05, 0.1) is 0 Å². The van der Waals surface area contributed by atoms with Crippen LogP contribution in [0.25, 0.3) is 0 Å². The number of anilines is 1. The number of benzene rings is 1. The van der Waals surface area contributed by atoms with Crippen LogP contribution in [0.2, 0.25) is 0 Å². The van der Waals surface area contributed by atoms with E-state index in [1.165, 1.54) is 6.07 Å². The molecular formula is C15H26FN3. The Morgan fingerprint density at radius 2 is 1.89 bits per heavy atom. The van der Waals surface area contributed by atoms with Gasteiger partial charge in [-0.15, -0.1) is 0 Å². The van der Waals surface area contributed by atoms with Gasteiger partial charge in [0, 0.05) is 30.9 Å². The molecule has 0 aliphatic rings. The molecule has 1 aromatic rings. The molecule has 0 saturated heterocycles. The van der Waals surface area contributed by atoms with E-state index < -0.39 is 0 Å². The van der Waals surface area contributed by atoms with E-state index in [1.807, 2.05) is 13.0 Å². The van der Waals surface area contributed by atoms with Crippen molar-refractivity contribution < 1.29 is 4.39 Å². The van der Waals surface area contributed by atoms with Crippen LogP contribution in [-0.2, 0) is 0 Å². The van der Waals surface area contributed by atoms with E-state index in [0.29, 0.717) is 6.04 Å². The van der Waals surface area contributed by atoms with Gasteiger partial charge in [0.15, 0.2) is 0 Å². The highest BCUT2D eigenvalue weighted by atomic mass is 19.1. The molecule has 0 aromatic heterocycles. The normalized spacial score (nSPS) is 14.5. The Hall–Kier alpha value is -1.13. The third-order valence-corrected chi connectivity index (χ3v) is 3.29. The SMILES string of the molecule is CCN(c1ccc(F)cc1C(C)N)C(C)CN(C)C. The van der Waals surface area contributed by atoms with E-state index in [-0.39, 0.29) is 11.9 Å². The average Bonchev–Trinajstić information content (AvgIpc) is 2.30. The van der Waals surface area contributed by atoms with Crippen molar-refractivity contribution in [2.75, 3.05) is 32.1 Å². The first-order chi connectivity index (χ1) is 8.86. The van der Waals surface area contributed by atoms with Crippen molar-refractivity contribution in [2.45, 2.75) is 32.9 Å². The summed E-state index contributed by atoms with van der Waals surface area (Å²) in [6.45, 7) is 8.00. The minimum absolute atomic E-state index is 0.175. The zero-order valence-corrected chi connectivity index (χ0v) is 12.7. The van der Waals surface area contributed by atoms with E-state index in [0.717, 1.165) is 24.3 Å². The first-order valence-electron chi connectivity index (χ1n) is 6.83. The fraction of sp³-hybridized carbons (Fsp3) is 0.600. The number of rotatable bonds is 6. The summed E-state index contributed by atoms with van der Waals surface area (Å²) >= 11 is 0. The largest absolute Gasteiger partial charge is 0.368 e. The molecule has 0 radical (unpaired) electrons. The number of hydrogen-bond donors (Lipinski definition) is 1. The molecule has 19 heavy (non-hydrogen) atoms. The van der Waals surface area contributed by atoms with Crippen LogP contribution in [0.3, 0.4) is 0 Å². The van der Waals surface area contributed by atoms with Crippen molar-refractivity contribution in [2.24, 2.45) is 5.73 Å². The Kier molecular flexibility index (Phi) is 5.76. The van der Waals surface area contributed by atoms with Gasteiger partial charge in [-0.25, -0.2) is 4.39 Å². The summed E-state index contributed by atoms with van der Waals surface area (Å²) in [5.41, 5.74) is 7.88. The van der Waals surface area contributed by atoms with Crippen LogP contribution in [0, 0.1) is 5.82 Å². The van der Waals surface area contributed by atoms with Crippen molar-refractivity contribution in [3.8, 4) is 0 Å². The fourth-order valence-electron chi connectivity index (χ4n) is 2.50. The highest BCUT2D eigenvalue weighted by molar-refractivity contribution is 5.55. The third kappa shape index (κ3) is 4.18. The molecule has 0 amide bonds. The van der Waals surface area contributed by atoms with Gasteiger partial charge in [0.1, 0.15) is 5.82 Å². The Labute approximate surface area is 116 Å². The predicted molar refractivity (Wildman–Crippen MR) is 80.0 cm³/mol.